The highest BCUT2D eigenvalue weighted by Crippen LogP contribution is 2.49. The zero-order valence-corrected chi connectivity index (χ0v) is 19.5. The van der Waals surface area contributed by atoms with Crippen molar-refractivity contribution in [3.63, 3.8) is 0 Å². The van der Waals surface area contributed by atoms with E-state index in [9.17, 15) is 4.79 Å². The lowest BCUT2D eigenvalue weighted by Crippen LogP contribution is -2.72. The molecule has 0 spiro atoms. The Bertz CT molecular complexity index is 1210. The van der Waals surface area contributed by atoms with Gasteiger partial charge in [-0.15, -0.1) is 0 Å². The van der Waals surface area contributed by atoms with Crippen LogP contribution in [0.4, 0.5) is 11.4 Å². The number of rotatable bonds is 4. The highest BCUT2D eigenvalue weighted by Gasteiger charge is 2.59. The lowest BCUT2D eigenvalue weighted by atomic mass is 9.78. The van der Waals surface area contributed by atoms with E-state index in [4.69, 9.17) is 21.7 Å². The van der Waals surface area contributed by atoms with Crippen LogP contribution in [0.15, 0.2) is 72.8 Å². The normalized spacial score (nSPS) is 23.1. The summed E-state index contributed by atoms with van der Waals surface area (Å²) in [5, 5.41) is 7.01. The lowest BCUT2D eigenvalue weighted by Gasteiger charge is -2.56. The number of amides is 1. The SMILES string of the molecule is COc1ccc(NC(=O)C2C3NC(=S)N(c4ccc(C)cc4)C2(C)Oc2ccccc23)cc1. The van der Waals surface area contributed by atoms with Crippen molar-refractivity contribution in [2.45, 2.75) is 25.6 Å². The van der Waals surface area contributed by atoms with Crippen LogP contribution in [0.5, 0.6) is 11.5 Å². The van der Waals surface area contributed by atoms with E-state index in [1.54, 1.807) is 7.11 Å². The first kappa shape index (κ1) is 21.3. The molecule has 2 aliphatic heterocycles. The molecule has 1 fully saturated rings. The van der Waals surface area contributed by atoms with Gasteiger partial charge in [0.2, 0.25) is 5.91 Å². The first-order valence-electron chi connectivity index (χ1n) is 10.8. The average Bonchev–Trinajstić information content (AvgIpc) is 2.80. The third-order valence-corrected chi connectivity index (χ3v) is 6.64. The van der Waals surface area contributed by atoms with E-state index in [1.165, 1.54) is 0 Å². The van der Waals surface area contributed by atoms with E-state index in [2.05, 4.69) is 10.6 Å². The average molecular weight is 460 g/mol. The maximum Gasteiger partial charge on any atom is 0.236 e. The molecule has 2 N–H and O–H groups in total. The molecule has 2 aliphatic rings. The molecule has 5 rings (SSSR count). The molecule has 7 heteroatoms. The molecule has 1 saturated heterocycles. The predicted molar refractivity (Wildman–Crippen MR) is 133 cm³/mol. The zero-order chi connectivity index (χ0) is 23.2. The van der Waals surface area contributed by atoms with Gasteiger partial charge in [-0.3, -0.25) is 9.69 Å². The van der Waals surface area contributed by atoms with Crippen molar-refractivity contribution >= 4 is 34.6 Å². The van der Waals surface area contributed by atoms with E-state index in [1.807, 2.05) is 91.5 Å². The predicted octanol–water partition coefficient (Wildman–Crippen LogP) is 4.80. The molecular formula is C26H25N3O3S. The highest BCUT2D eigenvalue weighted by molar-refractivity contribution is 7.80. The molecule has 1 amide bonds. The van der Waals surface area contributed by atoms with Crippen molar-refractivity contribution in [1.29, 1.82) is 0 Å². The van der Waals surface area contributed by atoms with E-state index >= 15 is 0 Å². The summed E-state index contributed by atoms with van der Waals surface area (Å²) < 4.78 is 11.8. The largest absolute Gasteiger partial charge is 0.497 e. The summed E-state index contributed by atoms with van der Waals surface area (Å²) in [6.07, 6.45) is 0. The Morgan fingerprint density at radius 1 is 1.09 bits per heavy atom. The molecule has 3 atom stereocenters. The van der Waals surface area contributed by atoms with Gasteiger partial charge in [0.15, 0.2) is 10.8 Å². The van der Waals surface area contributed by atoms with Crippen molar-refractivity contribution in [1.82, 2.24) is 5.32 Å². The molecule has 0 saturated carbocycles. The minimum Gasteiger partial charge on any atom is -0.497 e. The number of anilines is 2. The smallest absolute Gasteiger partial charge is 0.236 e. The van der Waals surface area contributed by atoms with E-state index in [-0.39, 0.29) is 11.9 Å². The number of nitrogens with one attached hydrogen (secondary N) is 2. The summed E-state index contributed by atoms with van der Waals surface area (Å²) in [6.45, 7) is 3.97. The first-order chi connectivity index (χ1) is 15.9. The molecule has 0 aromatic heterocycles. The van der Waals surface area contributed by atoms with Gasteiger partial charge in [0.25, 0.3) is 0 Å². The number of ether oxygens (including phenoxy) is 2. The van der Waals surface area contributed by atoms with Crippen LogP contribution in [-0.4, -0.2) is 23.9 Å². The van der Waals surface area contributed by atoms with Gasteiger partial charge in [-0.25, -0.2) is 0 Å². The van der Waals surface area contributed by atoms with Crippen LogP contribution in [0.3, 0.4) is 0 Å². The number of methoxy groups -OCH3 is 1. The molecule has 168 valence electrons. The van der Waals surface area contributed by atoms with Crippen molar-refractivity contribution in [2.75, 3.05) is 17.3 Å². The zero-order valence-electron chi connectivity index (χ0n) is 18.7. The Hall–Kier alpha value is -3.58. The third-order valence-electron chi connectivity index (χ3n) is 6.34. The van der Waals surface area contributed by atoms with Crippen molar-refractivity contribution < 1.29 is 14.3 Å². The molecule has 3 aromatic rings. The number of fused-ring (bicyclic) bond motifs is 4. The fourth-order valence-electron chi connectivity index (χ4n) is 4.71. The number of thiocarbonyl (C=S) groups is 1. The van der Waals surface area contributed by atoms with Crippen LogP contribution in [0.2, 0.25) is 0 Å². The van der Waals surface area contributed by atoms with E-state index < -0.39 is 11.6 Å². The quantitative estimate of drug-likeness (QED) is 0.547. The van der Waals surface area contributed by atoms with Gasteiger partial charge in [-0.1, -0.05) is 35.9 Å². The minimum atomic E-state index is -1.03. The van der Waals surface area contributed by atoms with Gasteiger partial charge in [-0.05, 0) is 68.5 Å². The second-order valence-electron chi connectivity index (χ2n) is 8.49. The first-order valence-corrected chi connectivity index (χ1v) is 11.2. The van der Waals surface area contributed by atoms with Crippen LogP contribution in [0, 0.1) is 12.8 Å². The summed E-state index contributed by atoms with van der Waals surface area (Å²) >= 11 is 5.78. The van der Waals surface area contributed by atoms with Gasteiger partial charge in [0.05, 0.1) is 13.2 Å². The highest BCUT2D eigenvalue weighted by atomic mass is 32.1. The summed E-state index contributed by atoms with van der Waals surface area (Å²) in [5.74, 6) is 0.728. The van der Waals surface area contributed by atoms with Gasteiger partial charge in [-0.2, -0.15) is 0 Å². The number of nitrogens with zero attached hydrogens (tertiary/aromatic N) is 1. The van der Waals surface area contributed by atoms with Gasteiger partial charge in [0.1, 0.15) is 17.4 Å². The molecule has 3 aromatic carbocycles. The van der Waals surface area contributed by atoms with Crippen LogP contribution in [0.1, 0.15) is 24.1 Å². The summed E-state index contributed by atoms with van der Waals surface area (Å²) in [4.78, 5) is 15.7. The Morgan fingerprint density at radius 2 is 1.79 bits per heavy atom. The Balaban J connectivity index is 1.58. The van der Waals surface area contributed by atoms with Crippen LogP contribution >= 0.6 is 12.2 Å². The summed E-state index contributed by atoms with van der Waals surface area (Å²) in [6, 6.07) is 22.8. The van der Waals surface area contributed by atoms with Crippen LogP contribution < -0.4 is 25.0 Å². The molecule has 2 bridgehead atoms. The summed E-state index contributed by atoms with van der Waals surface area (Å²) in [5.41, 5.74) is 2.57. The number of benzene rings is 3. The number of hydrogen-bond acceptors (Lipinski definition) is 4. The Kier molecular flexibility index (Phi) is 5.21. The fraction of sp³-hybridized carbons (Fsp3) is 0.231. The number of carbonyl (C=O) groups is 1. The fourth-order valence-corrected chi connectivity index (χ4v) is 5.12. The Morgan fingerprint density at radius 3 is 2.48 bits per heavy atom. The maximum atomic E-state index is 13.8. The number of carbonyl (C=O) groups excluding carboxylic acids is 1. The standard InChI is InChI=1S/C26H25N3O3S/c1-16-8-12-18(13-9-16)29-25(33)28-23-20-6-4-5-7-21(20)32-26(29,2)22(23)24(30)27-17-10-14-19(31-3)15-11-17/h4-15,22-23H,1-3H3,(H,27,30)(H,28,33). The van der Waals surface area contributed by atoms with E-state index in [0.717, 1.165) is 28.3 Å². The monoisotopic (exact) mass is 459 g/mol. The molecule has 2 heterocycles. The van der Waals surface area contributed by atoms with Gasteiger partial charge >= 0.3 is 0 Å². The lowest BCUT2D eigenvalue weighted by molar-refractivity contribution is -0.130. The maximum absolute atomic E-state index is 13.8. The Labute approximate surface area is 198 Å². The van der Waals surface area contributed by atoms with Crippen molar-refractivity contribution in [3.8, 4) is 11.5 Å². The molecule has 6 nitrogen and oxygen atoms in total. The minimum absolute atomic E-state index is 0.158. The van der Waals surface area contributed by atoms with Crippen LogP contribution in [-0.2, 0) is 4.79 Å². The number of para-hydroxylation sites is 1. The molecule has 3 unspecified atom stereocenters. The van der Waals surface area contributed by atoms with Crippen molar-refractivity contribution in [3.05, 3.63) is 83.9 Å². The third kappa shape index (κ3) is 3.58. The van der Waals surface area contributed by atoms with E-state index in [0.29, 0.717) is 10.8 Å². The number of hydrogen-bond donors (Lipinski definition) is 2. The molecule has 0 aliphatic carbocycles. The summed E-state index contributed by atoms with van der Waals surface area (Å²) in [7, 11) is 1.61. The second-order valence-corrected chi connectivity index (χ2v) is 8.87. The van der Waals surface area contributed by atoms with Gasteiger partial charge in [0, 0.05) is 16.9 Å². The molecule has 33 heavy (non-hydrogen) atoms. The molecular weight excluding hydrogens is 434 g/mol. The molecule has 0 radical (unpaired) electrons. The second kappa shape index (κ2) is 8.08. The van der Waals surface area contributed by atoms with Crippen LogP contribution in [0.25, 0.3) is 0 Å². The van der Waals surface area contributed by atoms with Gasteiger partial charge < -0.3 is 20.1 Å². The number of aryl methyl sites for hydroxylation is 1. The van der Waals surface area contributed by atoms with Crippen molar-refractivity contribution in [2.24, 2.45) is 5.92 Å². The topological polar surface area (TPSA) is 62.8 Å².